The Bertz CT molecular complexity index is 1920. The van der Waals surface area contributed by atoms with Crippen molar-refractivity contribution in [2.45, 2.75) is 97.7 Å². The smallest absolute Gasteiger partial charge is 0.416 e. The molecule has 0 spiro atoms. The summed E-state index contributed by atoms with van der Waals surface area (Å²) in [6.45, 7) is 13.3. The van der Waals surface area contributed by atoms with Crippen LogP contribution in [0.3, 0.4) is 0 Å². The van der Waals surface area contributed by atoms with Gasteiger partial charge in [0.15, 0.2) is 5.82 Å². The SMILES string of the molecule is CCc1c(/C=C2\CN(C(=O)OC(C)(C)C)C(C)(C)C2)c(=O)n2nc(C3=CC(C)OCC3)nc2n1CC(=O)Nc1ccc(C(F)(F)F)cc1Cl. The number of hydrogen-bond donors (Lipinski definition) is 1. The van der Waals surface area contributed by atoms with Crippen LogP contribution in [-0.4, -0.2) is 66.5 Å². The number of carbonyl (C=O) groups is 2. The highest BCUT2D eigenvalue weighted by molar-refractivity contribution is 6.33. The first-order chi connectivity index (χ1) is 22.8. The molecule has 1 unspecified atom stereocenters. The van der Waals surface area contributed by atoms with Crippen LogP contribution < -0.4 is 10.9 Å². The Labute approximate surface area is 286 Å². The second kappa shape index (κ2) is 13.3. The number of hydrogen-bond acceptors (Lipinski definition) is 7. The zero-order valence-corrected chi connectivity index (χ0v) is 29.3. The molecule has 1 atom stereocenters. The third kappa shape index (κ3) is 7.85. The van der Waals surface area contributed by atoms with Gasteiger partial charge in [-0.25, -0.2) is 4.79 Å². The van der Waals surface area contributed by atoms with Crippen LogP contribution in [0.4, 0.5) is 23.7 Å². The van der Waals surface area contributed by atoms with E-state index in [9.17, 15) is 27.6 Å². The minimum atomic E-state index is -4.60. The lowest BCUT2D eigenvalue weighted by molar-refractivity contribution is -0.137. The second-order valence-corrected chi connectivity index (χ2v) is 14.3. The van der Waals surface area contributed by atoms with E-state index in [1.165, 1.54) is 0 Å². The molecule has 1 N–H and O–H groups in total. The lowest BCUT2D eigenvalue weighted by atomic mass is 9.98. The topological polar surface area (TPSA) is 120 Å². The van der Waals surface area contributed by atoms with Crippen molar-refractivity contribution < 1.29 is 32.2 Å². The molecule has 1 fully saturated rings. The number of amides is 2. The number of nitrogens with zero attached hydrogens (tertiary/aromatic N) is 5. The molecule has 264 valence electrons. The molecule has 15 heteroatoms. The summed E-state index contributed by atoms with van der Waals surface area (Å²) >= 11 is 6.12. The van der Waals surface area contributed by atoms with E-state index >= 15 is 0 Å². The first kappa shape index (κ1) is 36.1. The van der Waals surface area contributed by atoms with Crippen molar-refractivity contribution in [3.8, 4) is 0 Å². The van der Waals surface area contributed by atoms with Gasteiger partial charge in [-0.2, -0.15) is 22.7 Å². The molecule has 2 aromatic heterocycles. The summed E-state index contributed by atoms with van der Waals surface area (Å²) in [7, 11) is 0. The van der Waals surface area contributed by atoms with Crippen molar-refractivity contribution in [3.63, 3.8) is 0 Å². The molecule has 0 saturated carbocycles. The van der Waals surface area contributed by atoms with Crippen molar-refractivity contribution in [2.75, 3.05) is 18.5 Å². The Morgan fingerprint density at radius 2 is 1.94 bits per heavy atom. The van der Waals surface area contributed by atoms with Gasteiger partial charge in [0.1, 0.15) is 12.1 Å². The van der Waals surface area contributed by atoms with E-state index in [1.807, 2.05) is 33.8 Å². The molecular formula is C34H40ClF3N6O5. The first-order valence-electron chi connectivity index (χ1n) is 16.0. The van der Waals surface area contributed by atoms with Gasteiger partial charge in [-0.1, -0.05) is 18.5 Å². The molecule has 4 heterocycles. The highest BCUT2D eigenvalue weighted by Gasteiger charge is 2.40. The number of likely N-dealkylation sites (tertiary alicyclic amines) is 1. The average Bonchev–Trinajstić information content (AvgIpc) is 3.56. The molecule has 3 aromatic rings. The summed E-state index contributed by atoms with van der Waals surface area (Å²) in [5.74, 6) is -0.172. The maximum Gasteiger partial charge on any atom is 0.416 e. The van der Waals surface area contributed by atoms with E-state index in [4.69, 9.17) is 26.1 Å². The number of alkyl halides is 3. The molecule has 2 aliphatic heterocycles. The summed E-state index contributed by atoms with van der Waals surface area (Å²) in [6.07, 6.45) is -0.332. The molecule has 0 radical (unpaired) electrons. The molecule has 5 rings (SSSR count). The predicted octanol–water partition coefficient (Wildman–Crippen LogP) is 6.76. The Morgan fingerprint density at radius 3 is 2.55 bits per heavy atom. The van der Waals surface area contributed by atoms with Crippen LogP contribution in [0.5, 0.6) is 0 Å². The maximum atomic E-state index is 14.2. The number of ether oxygens (including phenoxy) is 2. The van der Waals surface area contributed by atoms with Crippen molar-refractivity contribution in [3.05, 3.63) is 67.9 Å². The van der Waals surface area contributed by atoms with E-state index in [-0.39, 0.29) is 41.2 Å². The van der Waals surface area contributed by atoms with Crippen LogP contribution in [0, 0.1) is 0 Å². The Hall–Kier alpha value is -4.17. The number of aromatic nitrogens is 4. The summed E-state index contributed by atoms with van der Waals surface area (Å²) in [5, 5.41) is 6.88. The largest absolute Gasteiger partial charge is 0.444 e. The van der Waals surface area contributed by atoms with Gasteiger partial charge in [0, 0.05) is 17.8 Å². The van der Waals surface area contributed by atoms with Crippen LogP contribution in [-0.2, 0) is 33.4 Å². The van der Waals surface area contributed by atoms with Crippen molar-refractivity contribution in [2.24, 2.45) is 0 Å². The van der Waals surface area contributed by atoms with Gasteiger partial charge in [-0.15, -0.1) is 5.10 Å². The van der Waals surface area contributed by atoms with Crippen molar-refractivity contribution in [1.29, 1.82) is 0 Å². The number of anilines is 1. The number of rotatable bonds is 6. The third-order valence-corrected chi connectivity index (χ3v) is 8.60. The lowest BCUT2D eigenvalue weighted by Crippen LogP contribution is -2.45. The standard InChI is InChI=1S/C34H40ClF3N6O5/c1-8-26-23(14-20-16-33(6,7)43(17-20)31(47)49-32(3,4)5)29(46)44-30(40-28(41-44)21-11-12-48-19(2)13-21)42(26)18-27(45)39-25-10-9-22(15-24(25)35)34(36,37)38/h9-10,13-15,19H,8,11-12,16-18H2,1-7H3,(H,39,45)/b20-14-. The van der Waals surface area contributed by atoms with Crippen LogP contribution in [0.2, 0.25) is 5.02 Å². The fourth-order valence-corrected chi connectivity index (χ4v) is 6.31. The maximum absolute atomic E-state index is 14.2. The van der Waals surface area contributed by atoms with Gasteiger partial charge >= 0.3 is 12.3 Å². The van der Waals surface area contributed by atoms with E-state index in [1.54, 1.807) is 36.3 Å². The van der Waals surface area contributed by atoms with Crippen LogP contribution in [0.25, 0.3) is 17.4 Å². The van der Waals surface area contributed by atoms with Crippen LogP contribution in [0.15, 0.2) is 34.6 Å². The number of carbonyl (C=O) groups excluding carboxylic acids is 2. The minimum Gasteiger partial charge on any atom is -0.444 e. The monoisotopic (exact) mass is 704 g/mol. The van der Waals surface area contributed by atoms with Gasteiger partial charge in [-0.05, 0) is 102 Å². The summed E-state index contributed by atoms with van der Waals surface area (Å²) < 4.78 is 53.6. The van der Waals surface area contributed by atoms with Gasteiger partial charge < -0.3 is 19.4 Å². The molecule has 2 amide bonds. The molecule has 2 aliphatic rings. The fourth-order valence-electron chi connectivity index (χ4n) is 6.08. The van der Waals surface area contributed by atoms with Crippen molar-refractivity contribution >= 4 is 46.7 Å². The van der Waals surface area contributed by atoms with E-state index < -0.39 is 40.4 Å². The average molecular weight is 705 g/mol. The lowest BCUT2D eigenvalue weighted by Gasteiger charge is -2.33. The molecule has 1 aromatic carbocycles. The van der Waals surface area contributed by atoms with E-state index in [0.717, 1.165) is 33.9 Å². The van der Waals surface area contributed by atoms with Gasteiger partial charge in [-0.3, -0.25) is 14.5 Å². The number of halogens is 4. The molecule has 0 bridgehead atoms. The molecule has 49 heavy (non-hydrogen) atoms. The van der Waals surface area contributed by atoms with Gasteiger partial charge in [0.2, 0.25) is 11.7 Å². The molecular weight excluding hydrogens is 665 g/mol. The summed E-state index contributed by atoms with van der Waals surface area (Å²) in [4.78, 5) is 47.1. The quantitative estimate of drug-likeness (QED) is 0.301. The summed E-state index contributed by atoms with van der Waals surface area (Å²) in [6, 6.07) is 2.66. The number of benzene rings is 1. The van der Waals surface area contributed by atoms with Gasteiger partial charge in [0.05, 0.1) is 34.5 Å². The van der Waals surface area contributed by atoms with Gasteiger partial charge in [0.25, 0.3) is 5.56 Å². The summed E-state index contributed by atoms with van der Waals surface area (Å²) in [5.41, 5.74) is -0.340. The Kier molecular flexibility index (Phi) is 9.78. The van der Waals surface area contributed by atoms with Crippen LogP contribution >= 0.6 is 11.6 Å². The third-order valence-electron chi connectivity index (χ3n) is 8.29. The molecule has 1 saturated heterocycles. The van der Waals surface area contributed by atoms with Crippen molar-refractivity contribution in [1.82, 2.24) is 24.1 Å². The second-order valence-electron chi connectivity index (χ2n) is 13.9. The highest BCUT2D eigenvalue weighted by Crippen LogP contribution is 2.36. The number of nitrogens with one attached hydrogen (secondary N) is 1. The van der Waals surface area contributed by atoms with E-state index in [0.29, 0.717) is 37.4 Å². The Balaban J connectivity index is 1.59. The first-order valence-corrected chi connectivity index (χ1v) is 16.4. The zero-order valence-electron chi connectivity index (χ0n) is 28.5. The van der Waals surface area contributed by atoms with E-state index in [2.05, 4.69) is 10.4 Å². The zero-order chi connectivity index (χ0) is 36.1. The molecule has 11 nitrogen and oxygen atoms in total. The number of fused-ring (bicyclic) bond motifs is 1. The predicted molar refractivity (Wildman–Crippen MR) is 179 cm³/mol. The highest BCUT2D eigenvalue weighted by atomic mass is 35.5. The minimum absolute atomic E-state index is 0.00366. The molecule has 0 aliphatic carbocycles. The normalized spacial score (nSPS) is 19.0. The Morgan fingerprint density at radius 1 is 1.22 bits per heavy atom. The fraction of sp³-hybridized carbons (Fsp3) is 0.500. The van der Waals surface area contributed by atoms with Crippen LogP contribution in [0.1, 0.15) is 84.0 Å².